The van der Waals surface area contributed by atoms with Gasteiger partial charge in [0.1, 0.15) is 6.61 Å². The van der Waals surface area contributed by atoms with E-state index in [9.17, 15) is 4.79 Å². The van der Waals surface area contributed by atoms with Gasteiger partial charge in [0.2, 0.25) is 0 Å². The zero-order chi connectivity index (χ0) is 34.8. The van der Waals surface area contributed by atoms with Crippen molar-refractivity contribution in [1.82, 2.24) is 0 Å². The summed E-state index contributed by atoms with van der Waals surface area (Å²) in [4.78, 5) is 18.2. The van der Waals surface area contributed by atoms with Crippen molar-refractivity contribution in [1.29, 1.82) is 0 Å². The number of carbonyl (C=O) groups excluding carboxylic acids is 1. The molecule has 1 N–H and O–H groups in total. The first kappa shape index (κ1) is 37.2. The van der Waals surface area contributed by atoms with Crippen LogP contribution >= 0.6 is 21.6 Å². The number of ether oxygens (including phenoxy) is 5. The smallest absolute Gasteiger partial charge is 0.260 e. The molecule has 0 saturated carbocycles. The van der Waals surface area contributed by atoms with Gasteiger partial charge in [-0.1, -0.05) is 52.8 Å². The van der Waals surface area contributed by atoms with Crippen LogP contribution in [0.3, 0.4) is 0 Å². The molecular formula is C38H51N3O6S2. The maximum absolute atomic E-state index is 13.9. The van der Waals surface area contributed by atoms with Crippen LogP contribution < -0.4 is 24.6 Å². The average Bonchev–Trinajstić information content (AvgIpc) is 3.42. The molecule has 1 amide bonds. The van der Waals surface area contributed by atoms with Crippen molar-refractivity contribution in [2.75, 3.05) is 88.3 Å². The van der Waals surface area contributed by atoms with E-state index in [2.05, 4.69) is 61.5 Å². The number of carbonyl (C=O) groups is 1. The lowest BCUT2D eigenvalue weighted by Crippen LogP contribution is -2.39. The predicted octanol–water partition coefficient (Wildman–Crippen LogP) is 7.11. The van der Waals surface area contributed by atoms with Crippen molar-refractivity contribution < 1.29 is 28.5 Å². The number of benzene rings is 3. The number of nitrogens with zero attached hydrogens (tertiary/aromatic N) is 2. The molecule has 49 heavy (non-hydrogen) atoms. The van der Waals surface area contributed by atoms with Gasteiger partial charge in [-0.15, -0.1) is 0 Å². The number of hydrogen-bond acceptors (Lipinski definition) is 10. The number of fused-ring (bicyclic) bond motifs is 4. The van der Waals surface area contributed by atoms with Crippen LogP contribution in [-0.4, -0.2) is 89.8 Å². The van der Waals surface area contributed by atoms with Crippen molar-refractivity contribution >= 4 is 44.6 Å². The van der Waals surface area contributed by atoms with Crippen LogP contribution in [0.1, 0.15) is 47.8 Å². The van der Waals surface area contributed by atoms with E-state index in [0.717, 1.165) is 48.6 Å². The molecule has 0 saturated heterocycles. The Morgan fingerprint density at radius 3 is 2.47 bits per heavy atom. The first-order valence-electron chi connectivity index (χ1n) is 17.0. The molecule has 0 unspecified atom stereocenters. The first-order valence-corrected chi connectivity index (χ1v) is 19.6. The molecule has 5 rings (SSSR count). The summed E-state index contributed by atoms with van der Waals surface area (Å²) in [5.74, 6) is 1.11. The summed E-state index contributed by atoms with van der Waals surface area (Å²) in [6.45, 7) is 12.2. The van der Waals surface area contributed by atoms with Crippen LogP contribution in [-0.2, 0) is 33.7 Å². The van der Waals surface area contributed by atoms with E-state index in [0.29, 0.717) is 63.2 Å². The van der Waals surface area contributed by atoms with Crippen LogP contribution in [0.2, 0.25) is 0 Å². The van der Waals surface area contributed by atoms with Gasteiger partial charge >= 0.3 is 0 Å². The summed E-state index contributed by atoms with van der Waals surface area (Å²) in [6.07, 6.45) is 3.86. The Labute approximate surface area is 299 Å². The minimum Gasteiger partial charge on any atom is -0.493 e. The number of amides is 1. The molecule has 11 heteroatoms. The van der Waals surface area contributed by atoms with Crippen molar-refractivity contribution in [3.05, 3.63) is 76.9 Å². The second-order valence-corrected chi connectivity index (χ2v) is 16.0. The monoisotopic (exact) mass is 709 g/mol. The Kier molecular flexibility index (Phi) is 13.4. The fourth-order valence-electron chi connectivity index (χ4n) is 6.44. The molecule has 2 aliphatic rings. The minimum atomic E-state index is -0.0228. The molecule has 1 atom stereocenters. The van der Waals surface area contributed by atoms with E-state index in [1.54, 1.807) is 25.0 Å². The quantitative estimate of drug-likeness (QED) is 0.103. The topological polar surface area (TPSA) is 81.7 Å². The van der Waals surface area contributed by atoms with Crippen LogP contribution in [0.4, 0.5) is 17.1 Å². The van der Waals surface area contributed by atoms with Crippen LogP contribution in [0.5, 0.6) is 11.5 Å². The maximum Gasteiger partial charge on any atom is 0.260 e. The summed E-state index contributed by atoms with van der Waals surface area (Å²) in [7, 11) is 6.96. The van der Waals surface area contributed by atoms with Gasteiger partial charge in [0.15, 0.2) is 11.5 Å². The summed E-state index contributed by atoms with van der Waals surface area (Å²) in [6, 6.07) is 18.6. The van der Waals surface area contributed by atoms with Gasteiger partial charge in [-0.05, 0) is 73.9 Å². The fraction of sp³-hybridized carbons (Fsp3) is 0.500. The Morgan fingerprint density at radius 1 is 0.959 bits per heavy atom. The number of hydrogen-bond donors (Lipinski definition) is 1. The molecule has 2 heterocycles. The van der Waals surface area contributed by atoms with Crippen LogP contribution in [0.25, 0.3) is 0 Å². The molecule has 266 valence electrons. The van der Waals surface area contributed by atoms with Gasteiger partial charge in [-0.25, -0.2) is 0 Å². The highest BCUT2D eigenvalue weighted by Crippen LogP contribution is 2.41. The maximum atomic E-state index is 13.9. The normalized spacial score (nSPS) is 15.3. The second kappa shape index (κ2) is 17.7. The van der Waals surface area contributed by atoms with Gasteiger partial charge < -0.3 is 38.8 Å². The Bertz CT molecular complexity index is 1550. The minimum absolute atomic E-state index is 0.0228. The molecule has 3 aromatic carbocycles. The molecule has 0 aliphatic carbocycles. The number of rotatable bonds is 19. The molecular weight excluding hydrogens is 659 g/mol. The standard InChI is InChI=1S/C38H51N3O6S2/c1-7-27-18-28(20-30(19-27)40(26-38(2,3)49-48-6)12-13-45-16-17-46-15-14-43-4)25-47-36-23-33-32(22-35(36)44-5)37(42)41-31(24-39-33)21-29-10-8-9-11-34(29)41/h8-11,18-20,22-23,31,39H,7,12-17,21,24-26H2,1-6H3/t31-/m0/s1. The predicted molar refractivity (Wildman–Crippen MR) is 203 cm³/mol. The van der Waals surface area contributed by atoms with E-state index in [1.165, 1.54) is 11.1 Å². The number of aryl methyl sites for hydroxylation is 1. The van der Waals surface area contributed by atoms with E-state index >= 15 is 0 Å². The van der Waals surface area contributed by atoms with Crippen LogP contribution in [0, 0.1) is 0 Å². The van der Waals surface area contributed by atoms with Crippen molar-refractivity contribution in [2.45, 2.75) is 51.0 Å². The molecule has 0 aromatic heterocycles. The highest BCUT2D eigenvalue weighted by molar-refractivity contribution is 8.77. The third-order valence-electron chi connectivity index (χ3n) is 8.75. The van der Waals surface area contributed by atoms with E-state index < -0.39 is 0 Å². The van der Waals surface area contributed by atoms with E-state index in [4.69, 9.17) is 23.7 Å². The third kappa shape index (κ3) is 9.58. The largest absolute Gasteiger partial charge is 0.493 e. The Morgan fingerprint density at radius 2 is 1.71 bits per heavy atom. The SMILES string of the molecule is CCc1cc(COc2cc3c(cc2OC)C(=O)N2c4ccccc4C[C@H]2CN3)cc(N(CCOCCOCCOC)CC(C)(C)SSC)c1. The molecule has 3 aromatic rings. The fourth-order valence-corrected chi connectivity index (χ4v) is 8.61. The molecule has 0 fully saturated rings. The molecule has 0 spiro atoms. The summed E-state index contributed by atoms with van der Waals surface area (Å²) >= 11 is 0. The summed E-state index contributed by atoms with van der Waals surface area (Å²) in [5.41, 5.74) is 7.00. The van der Waals surface area contributed by atoms with Crippen molar-refractivity contribution in [2.24, 2.45) is 0 Å². The lowest BCUT2D eigenvalue weighted by atomic mass is 10.1. The highest BCUT2D eigenvalue weighted by Gasteiger charge is 2.37. The Hall–Kier alpha value is -3.09. The van der Waals surface area contributed by atoms with Crippen LogP contribution in [0.15, 0.2) is 54.6 Å². The Balaban J connectivity index is 1.32. The van der Waals surface area contributed by atoms with Gasteiger partial charge in [0.25, 0.3) is 5.91 Å². The van der Waals surface area contributed by atoms with Gasteiger partial charge in [0, 0.05) is 48.9 Å². The van der Waals surface area contributed by atoms with Crippen molar-refractivity contribution in [3.8, 4) is 11.5 Å². The number of anilines is 3. The second-order valence-electron chi connectivity index (χ2n) is 12.9. The molecule has 0 bridgehead atoms. The van der Waals surface area contributed by atoms with Crippen molar-refractivity contribution in [3.63, 3.8) is 0 Å². The van der Waals surface area contributed by atoms with E-state index in [1.807, 2.05) is 46.0 Å². The van der Waals surface area contributed by atoms with Gasteiger partial charge in [-0.2, -0.15) is 0 Å². The third-order valence-corrected chi connectivity index (χ3v) is 11.3. The summed E-state index contributed by atoms with van der Waals surface area (Å²) in [5, 5.41) is 3.53. The zero-order valence-corrected chi connectivity index (χ0v) is 31.3. The number of methoxy groups -OCH3 is 2. The molecule has 9 nitrogen and oxygen atoms in total. The molecule has 0 radical (unpaired) electrons. The lowest BCUT2D eigenvalue weighted by Gasteiger charge is -2.34. The zero-order valence-electron chi connectivity index (χ0n) is 29.7. The summed E-state index contributed by atoms with van der Waals surface area (Å²) < 4.78 is 28.9. The lowest BCUT2D eigenvalue weighted by molar-refractivity contribution is 0.0264. The van der Waals surface area contributed by atoms with E-state index in [-0.39, 0.29) is 16.7 Å². The number of nitrogens with one attached hydrogen (secondary N) is 1. The first-order chi connectivity index (χ1) is 23.8. The van der Waals surface area contributed by atoms with Gasteiger partial charge in [-0.3, -0.25) is 4.79 Å². The van der Waals surface area contributed by atoms with Gasteiger partial charge in [0.05, 0.1) is 57.4 Å². The highest BCUT2D eigenvalue weighted by atomic mass is 33.1. The average molecular weight is 710 g/mol. The molecule has 2 aliphatic heterocycles. The number of para-hydroxylation sites is 1.